The van der Waals surface area contributed by atoms with Crippen LogP contribution in [0, 0.1) is 17.6 Å². The fourth-order valence-corrected chi connectivity index (χ4v) is 2.36. The largest absolute Gasteiger partial charge is 0.481 e. The lowest BCUT2D eigenvalue weighted by Gasteiger charge is -2.15. The van der Waals surface area contributed by atoms with Gasteiger partial charge in [0.1, 0.15) is 11.6 Å². The Morgan fingerprint density at radius 2 is 2.12 bits per heavy atom. The molecule has 0 radical (unpaired) electrons. The number of carboxylic acid groups (broad SMARTS) is 1. The molecule has 3 nitrogen and oxygen atoms in total. The minimum absolute atomic E-state index is 0.154. The molecule has 1 N–H and O–H groups in total. The number of carbonyl (C=O) groups is 1. The summed E-state index contributed by atoms with van der Waals surface area (Å²) in [6.45, 7) is 0.785. The Hall–Kier alpha value is -1.49. The molecule has 1 saturated heterocycles. The van der Waals surface area contributed by atoms with Crippen molar-refractivity contribution in [3.63, 3.8) is 0 Å². The van der Waals surface area contributed by atoms with Crippen LogP contribution in [-0.4, -0.2) is 36.1 Å². The molecule has 0 aliphatic carbocycles. The van der Waals surface area contributed by atoms with E-state index in [1.165, 1.54) is 0 Å². The summed E-state index contributed by atoms with van der Waals surface area (Å²) in [4.78, 5) is 12.9. The second-order valence-electron chi connectivity index (χ2n) is 4.44. The van der Waals surface area contributed by atoms with E-state index in [2.05, 4.69) is 0 Å². The molecule has 92 valence electrons. The predicted molar refractivity (Wildman–Crippen MR) is 57.7 cm³/mol. The highest BCUT2D eigenvalue weighted by atomic mass is 19.1. The van der Waals surface area contributed by atoms with Crippen molar-refractivity contribution in [1.82, 2.24) is 4.90 Å². The van der Waals surface area contributed by atoms with Crippen LogP contribution in [0.3, 0.4) is 0 Å². The molecule has 2 atom stereocenters. The summed E-state index contributed by atoms with van der Waals surface area (Å²) in [6, 6.07) is 3.17. The van der Waals surface area contributed by atoms with Crippen LogP contribution in [0.25, 0.3) is 0 Å². The van der Waals surface area contributed by atoms with Crippen LogP contribution in [0.2, 0.25) is 0 Å². The standard InChI is InChI=1S/C12H13F2NO2/c1-15-5-9(10(6-15)12(16)17)8-4-7(13)2-3-11(8)14/h2-4,9-10H,5-6H2,1H3,(H,16,17). The number of hydrogen-bond acceptors (Lipinski definition) is 2. The second kappa shape index (κ2) is 4.41. The van der Waals surface area contributed by atoms with Crippen LogP contribution in [0.15, 0.2) is 18.2 Å². The van der Waals surface area contributed by atoms with Crippen molar-refractivity contribution < 1.29 is 18.7 Å². The molecular weight excluding hydrogens is 228 g/mol. The summed E-state index contributed by atoms with van der Waals surface area (Å²) in [5.41, 5.74) is 0.154. The molecule has 0 bridgehead atoms. The zero-order chi connectivity index (χ0) is 12.6. The van der Waals surface area contributed by atoms with Crippen molar-refractivity contribution in [2.45, 2.75) is 5.92 Å². The SMILES string of the molecule is CN1CC(C(=O)O)C(c2cc(F)ccc2F)C1. The summed E-state index contributed by atoms with van der Waals surface area (Å²) in [6.07, 6.45) is 0. The third-order valence-electron chi connectivity index (χ3n) is 3.18. The molecule has 2 unspecified atom stereocenters. The van der Waals surface area contributed by atoms with Crippen LogP contribution in [0.5, 0.6) is 0 Å². The lowest BCUT2D eigenvalue weighted by molar-refractivity contribution is -0.141. The van der Waals surface area contributed by atoms with Crippen molar-refractivity contribution in [3.8, 4) is 0 Å². The first-order valence-corrected chi connectivity index (χ1v) is 5.35. The number of likely N-dealkylation sites (tertiary alicyclic amines) is 1. The van der Waals surface area contributed by atoms with Gasteiger partial charge in [-0.3, -0.25) is 4.79 Å². The van der Waals surface area contributed by atoms with Crippen LogP contribution >= 0.6 is 0 Å². The number of halogens is 2. The molecule has 0 spiro atoms. The molecule has 1 fully saturated rings. The minimum atomic E-state index is -0.969. The van der Waals surface area contributed by atoms with Gasteiger partial charge in [0.2, 0.25) is 0 Å². The number of hydrogen-bond donors (Lipinski definition) is 1. The van der Waals surface area contributed by atoms with Gasteiger partial charge in [-0.1, -0.05) is 0 Å². The van der Waals surface area contributed by atoms with E-state index in [-0.39, 0.29) is 5.56 Å². The second-order valence-corrected chi connectivity index (χ2v) is 4.44. The number of rotatable bonds is 2. The summed E-state index contributed by atoms with van der Waals surface area (Å²) < 4.78 is 26.7. The Morgan fingerprint density at radius 1 is 1.41 bits per heavy atom. The Balaban J connectivity index is 2.37. The quantitative estimate of drug-likeness (QED) is 0.856. The van der Waals surface area contributed by atoms with E-state index < -0.39 is 29.4 Å². The monoisotopic (exact) mass is 241 g/mol. The highest BCUT2D eigenvalue weighted by Crippen LogP contribution is 2.33. The predicted octanol–water partition coefficient (Wildman–Crippen LogP) is 1.69. The fraction of sp³-hybridized carbons (Fsp3) is 0.417. The van der Waals surface area contributed by atoms with Gasteiger partial charge in [-0.2, -0.15) is 0 Å². The molecule has 17 heavy (non-hydrogen) atoms. The summed E-state index contributed by atoms with van der Waals surface area (Å²) >= 11 is 0. The Kier molecular flexibility index (Phi) is 3.11. The van der Waals surface area contributed by atoms with Crippen molar-refractivity contribution in [3.05, 3.63) is 35.4 Å². The lowest BCUT2D eigenvalue weighted by Crippen LogP contribution is -2.22. The van der Waals surface area contributed by atoms with E-state index in [4.69, 9.17) is 5.11 Å². The van der Waals surface area contributed by atoms with Gasteiger partial charge >= 0.3 is 5.97 Å². The highest BCUT2D eigenvalue weighted by Gasteiger charge is 2.38. The molecular formula is C12H13F2NO2. The average molecular weight is 241 g/mol. The molecule has 2 rings (SSSR count). The van der Waals surface area contributed by atoms with Gasteiger partial charge in [0, 0.05) is 19.0 Å². The van der Waals surface area contributed by atoms with Gasteiger partial charge in [-0.05, 0) is 30.8 Å². The number of benzene rings is 1. The summed E-state index contributed by atoms with van der Waals surface area (Å²) in [5.74, 6) is -3.23. The lowest BCUT2D eigenvalue weighted by atomic mass is 9.88. The van der Waals surface area contributed by atoms with Crippen molar-refractivity contribution in [2.75, 3.05) is 20.1 Å². The van der Waals surface area contributed by atoms with E-state index in [0.29, 0.717) is 13.1 Å². The van der Waals surface area contributed by atoms with Crippen molar-refractivity contribution in [2.24, 2.45) is 5.92 Å². The van der Waals surface area contributed by atoms with E-state index in [1.54, 1.807) is 7.05 Å². The molecule has 1 heterocycles. The molecule has 0 amide bonds. The molecule has 1 aliphatic heterocycles. The molecule has 1 aromatic rings. The Bertz CT molecular complexity index is 450. The topological polar surface area (TPSA) is 40.5 Å². The Morgan fingerprint density at radius 3 is 2.76 bits per heavy atom. The molecule has 1 aromatic carbocycles. The van der Waals surface area contributed by atoms with Crippen LogP contribution in [0.1, 0.15) is 11.5 Å². The van der Waals surface area contributed by atoms with Gasteiger partial charge in [-0.15, -0.1) is 0 Å². The van der Waals surface area contributed by atoms with Crippen LogP contribution < -0.4 is 0 Å². The third-order valence-corrected chi connectivity index (χ3v) is 3.18. The summed E-state index contributed by atoms with van der Waals surface area (Å²) in [5, 5.41) is 9.08. The average Bonchev–Trinajstić information content (AvgIpc) is 2.64. The molecule has 5 heteroatoms. The maximum absolute atomic E-state index is 13.6. The normalized spacial score (nSPS) is 25.1. The fourth-order valence-electron chi connectivity index (χ4n) is 2.36. The minimum Gasteiger partial charge on any atom is -0.481 e. The van der Waals surface area contributed by atoms with Crippen molar-refractivity contribution in [1.29, 1.82) is 0 Å². The maximum atomic E-state index is 13.6. The van der Waals surface area contributed by atoms with Crippen LogP contribution in [0.4, 0.5) is 8.78 Å². The van der Waals surface area contributed by atoms with Gasteiger partial charge in [0.05, 0.1) is 5.92 Å². The first-order valence-electron chi connectivity index (χ1n) is 5.35. The van der Waals surface area contributed by atoms with Gasteiger partial charge in [-0.25, -0.2) is 8.78 Å². The third kappa shape index (κ3) is 2.29. The van der Waals surface area contributed by atoms with Gasteiger partial charge < -0.3 is 10.0 Å². The van der Waals surface area contributed by atoms with Gasteiger partial charge in [0.25, 0.3) is 0 Å². The number of carboxylic acids is 1. The summed E-state index contributed by atoms with van der Waals surface area (Å²) in [7, 11) is 1.77. The zero-order valence-corrected chi connectivity index (χ0v) is 9.36. The van der Waals surface area contributed by atoms with E-state index in [1.807, 2.05) is 4.90 Å². The van der Waals surface area contributed by atoms with E-state index >= 15 is 0 Å². The zero-order valence-electron chi connectivity index (χ0n) is 9.36. The highest BCUT2D eigenvalue weighted by molar-refractivity contribution is 5.72. The van der Waals surface area contributed by atoms with E-state index in [9.17, 15) is 13.6 Å². The maximum Gasteiger partial charge on any atom is 0.308 e. The van der Waals surface area contributed by atoms with Gasteiger partial charge in [0.15, 0.2) is 0 Å². The molecule has 1 aliphatic rings. The first-order chi connectivity index (χ1) is 7.99. The first kappa shape index (κ1) is 12.0. The van der Waals surface area contributed by atoms with Crippen molar-refractivity contribution >= 4 is 5.97 Å². The number of likely N-dealkylation sites (N-methyl/N-ethyl adjacent to an activating group) is 1. The number of aliphatic carboxylic acids is 1. The van der Waals surface area contributed by atoms with Crippen LogP contribution in [-0.2, 0) is 4.79 Å². The molecule has 0 saturated carbocycles. The Labute approximate surface area is 97.7 Å². The smallest absolute Gasteiger partial charge is 0.308 e. The van der Waals surface area contributed by atoms with E-state index in [0.717, 1.165) is 18.2 Å². The molecule has 0 aromatic heterocycles. The number of nitrogens with zero attached hydrogens (tertiary/aromatic N) is 1.